The maximum Gasteiger partial charge on any atom is 0.327 e. The average Bonchev–Trinajstić information content (AvgIpc) is 1.77. The van der Waals surface area contributed by atoms with E-state index in [2.05, 4.69) is 144 Å². The number of aliphatic hydroxyl groups is 3. The molecule has 0 radical (unpaired) electrons. The van der Waals surface area contributed by atoms with Gasteiger partial charge in [-0.05, 0) is 114 Å². The van der Waals surface area contributed by atoms with Crippen molar-refractivity contribution in [1.82, 2.24) is 132 Å². The van der Waals surface area contributed by atoms with Gasteiger partial charge in [-0.1, -0.05) is 109 Å². The summed E-state index contributed by atoms with van der Waals surface area (Å²) in [5.74, 6) is -22.0. The highest BCUT2D eigenvalue weighted by atomic mass is 32.2. The number of rotatable bonds is 67. The lowest BCUT2D eigenvalue weighted by atomic mass is 9.96. The number of carboxylic acids is 1. The van der Waals surface area contributed by atoms with Crippen LogP contribution in [-0.4, -0.2) is 342 Å². The van der Waals surface area contributed by atoms with Crippen LogP contribution in [0.2, 0.25) is 0 Å². The largest absolute Gasteiger partial charge is 0.480 e. The van der Waals surface area contributed by atoms with Crippen LogP contribution >= 0.6 is 24.4 Å². The zero-order chi connectivity index (χ0) is 111. The standard InChI is InChI=1S/C93H146N30O24S2/c1-13-48(6)72(122-85(140)61(32-46(2)3)113-75(130)49(7)107-70(128)40-103-69(127)39-104-79(134)66(41-124)119-83(138)62(33-54-22-16-14-17-23-54)116-84(139)65(36-57-38-100-45-106-57)114-78(133)58(94)26-20-29-101-92(95)96)89(144)117-64(35-56-37-99-44-105-56)82(137)109-52(10)76(131)111-59(27-21-30-102-93(97)98)80(135)115-63(34-55-24-18-15-19-25-55)86(141)121-71(47(4)5)88(143)112-60(28-31-149-12)81(136)123-73(53(11)126)90(145)110-50(8)74(129)108-51(9)77(132)118-67(42-125)87(142)120-68(43-148)91(146)147/h14-19,22-25,37-38,44-53,58-68,71-73,124-126,148H,13,20-21,26-36,39-43,94H2,1-12H3,(H,99,105)(H,100,106)(H,103,127)(H,104,134)(H,107,128)(H,108,129)(H,109,137)(H,110,145)(H,111,131)(H,112,143)(H,113,130)(H,114,133)(H,115,135)(H,116,139)(H,117,144)(H,118,132)(H,119,138)(H,120,142)(H,121,141)(H,122,140)(H,123,136)(H,146,147)(H4,95,96,101)(H4,97,98,102)/t48-,49-,50-,51-,52-,53+,58-,59-,60-,61-,62-,63-,64-,65-,66-,67-,68-,71-,72-,73-/m0/s1. The third-order valence-corrected chi connectivity index (χ3v) is 24.0. The van der Waals surface area contributed by atoms with Gasteiger partial charge in [0.05, 0.1) is 51.1 Å². The molecule has 0 spiro atoms. The zero-order valence-corrected chi connectivity index (χ0v) is 86.9. The minimum atomic E-state index is -1.79. The van der Waals surface area contributed by atoms with Crippen molar-refractivity contribution >= 4 is 155 Å². The summed E-state index contributed by atoms with van der Waals surface area (Å²) in [5.41, 5.74) is 18.9. The van der Waals surface area contributed by atoms with Gasteiger partial charge in [0.15, 0.2) is 11.9 Å². The van der Waals surface area contributed by atoms with Gasteiger partial charge in [0.1, 0.15) is 103 Å². The highest BCUT2D eigenvalue weighted by Crippen LogP contribution is 2.17. The van der Waals surface area contributed by atoms with Crippen LogP contribution in [0.3, 0.4) is 0 Å². The number of amides is 19. The van der Waals surface area contributed by atoms with Crippen molar-refractivity contribution in [3.8, 4) is 0 Å². The number of aliphatic hydroxyl groups excluding tert-OH is 3. The lowest BCUT2D eigenvalue weighted by molar-refractivity contribution is -0.142. The molecule has 149 heavy (non-hydrogen) atoms. The summed E-state index contributed by atoms with van der Waals surface area (Å²) >= 11 is 5.13. The topological polar surface area (TPSA) is 858 Å². The fraction of sp³-hybridized carbons (Fsp3) is 0.570. The highest BCUT2D eigenvalue weighted by Gasteiger charge is 2.41. The Bertz CT molecular complexity index is 5110. The first kappa shape index (κ1) is 127. The van der Waals surface area contributed by atoms with Gasteiger partial charge in [-0.15, -0.1) is 0 Å². The van der Waals surface area contributed by atoms with Crippen LogP contribution in [0, 0.1) is 28.6 Å². The fourth-order valence-electron chi connectivity index (χ4n) is 14.3. The van der Waals surface area contributed by atoms with E-state index in [4.69, 9.17) is 28.0 Å². The number of nitrogens with one attached hydrogen (secondary N) is 25. The number of thiol groups is 1. The number of imidazole rings is 2. The lowest BCUT2D eigenvalue weighted by Gasteiger charge is -2.30. The molecule has 0 unspecified atom stereocenters. The summed E-state index contributed by atoms with van der Waals surface area (Å²) in [6.07, 6.45) is 5.11. The molecule has 0 fully saturated rings. The zero-order valence-electron chi connectivity index (χ0n) is 85.2. The quantitative estimate of drug-likeness (QED) is 0.00845. The molecular weight excluding hydrogens is 1990 g/mol. The first-order chi connectivity index (χ1) is 70.4. The van der Waals surface area contributed by atoms with Crippen LogP contribution in [-0.2, 0) is 122 Å². The molecule has 2 heterocycles. The molecule has 2 aromatic heterocycles. The van der Waals surface area contributed by atoms with Gasteiger partial charge in [-0.2, -0.15) is 24.4 Å². The highest BCUT2D eigenvalue weighted by molar-refractivity contribution is 7.98. The summed E-state index contributed by atoms with van der Waals surface area (Å²) in [6.45, 7) is 12.7. The molecule has 35 N–H and O–H groups in total. The van der Waals surface area contributed by atoms with E-state index in [9.17, 15) is 116 Å². The predicted octanol–water partition coefficient (Wildman–Crippen LogP) is -9.31. The number of nitrogens with zero attached hydrogens (tertiary/aromatic N) is 2. The number of nitrogens with two attached hydrogens (primary N) is 3. The number of thioether (sulfide) groups is 1. The number of benzene rings is 2. The monoisotopic (exact) mass is 2130 g/mol. The van der Waals surface area contributed by atoms with Crippen molar-refractivity contribution in [2.75, 3.05) is 57.2 Å². The van der Waals surface area contributed by atoms with Crippen molar-refractivity contribution in [2.24, 2.45) is 35.0 Å². The summed E-state index contributed by atoms with van der Waals surface area (Å²) in [7, 11) is 0. The molecule has 19 amide bonds. The second kappa shape index (κ2) is 65.8. The Labute approximate surface area is 870 Å². The van der Waals surface area contributed by atoms with Gasteiger partial charge < -0.3 is 159 Å². The van der Waals surface area contributed by atoms with Crippen LogP contribution in [0.5, 0.6) is 0 Å². The smallest absolute Gasteiger partial charge is 0.327 e. The van der Waals surface area contributed by atoms with E-state index in [0.717, 1.165) is 6.92 Å². The molecule has 0 aliphatic rings. The molecule has 56 heteroatoms. The first-order valence-electron chi connectivity index (χ1n) is 48.3. The Morgan fingerprint density at radius 2 is 0.752 bits per heavy atom. The molecule has 4 aromatic rings. The van der Waals surface area contributed by atoms with Gasteiger partial charge in [-0.25, -0.2) is 14.8 Å². The Morgan fingerprint density at radius 1 is 0.396 bits per heavy atom. The average molecular weight is 2130 g/mol. The Balaban J connectivity index is 1.46. The SMILES string of the molecule is CC[C@H](C)[C@H](NC(=O)[C@H](CC(C)C)NC(=O)[C@H](C)NC(=O)CNC(=O)CNC(=O)[C@H](CO)NC(=O)[C@H](Cc1ccccc1)NC(=O)[C@H](Cc1cnc[nH]1)NC(=O)[C@@H](N)CCCNC(=N)N)C(=O)N[C@@H](Cc1cnc[nH]1)C(=O)N[C@@H](C)C(=O)N[C@@H](CCCNC(=N)N)C(=O)N[C@@H](Cc1ccccc1)C(=O)N[C@H](C(=O)N[C@@H](CCSC)C(=O)N[C@H](C(=O)N[C@@H](C)C(=O)N[C@@H](C)C(=O)N[C@@H](CO)C(=O)N[C@@H](CS)C(=O)O)[C@@H](C)O)C(C)C. The number of carboxylic acid groups (broad SMARTS) is 1. The molecule has 0 bridgehead atoms. The van der Waals surface area contributed by atoms with Crippen molar-refractivity contribution < 1.29 is 116 Å². The predicted molar refractivity (Wildman–Crippen MR) is 547 cm³/mol. The molecule has 0 saturated heterocycles. The van der Waals surface area contributed by atoms with E-state index >= 15 is 0 Å². The lowest BCUT2D eigenvalue weighted by Crippen LogP contribution is -2.62. The molecule has 2 aromatic carbocycles. The minimum absolute atomic E-state index is 0.00935. The Hall–Kier alpha value is -14.7. The van der Waals surface area contributed by atoms with E-state index < -0.39 is 277 Å². The molecule has 0 aliphatic carbocycles. The third-order valence-electron chi connectivity index (χ3n) is 23.0. The van der Waals surface area contributed by atoms with Crippen LogP contribution in [0.15, 0.2) is 85.7 Å². The Morgan fingerprint density at radius 3 is 1.21 bits per heavy atom. The normalized spacial score (nSPS) is 15.1. The number of aliphatic carboxylic acids is 1. The fourth-order valence-corrected chi connectivity index (χ4v) is 15.0. The van der Waals surface area contributed by atoms with Crippen molar-refractivity contribution in [3.05, 3.63) is 108 Å². The van der Waals surface area contributed by atoms with Crippen LogP contribution < -0.4 is 129 Å². The number of guanidine groups is 2. The number of carbonyl (C=O) groups excluding carboxylic acids is 19. The minimum Gasteiger partial charge on any atom is -0.480 e. The third kappa shape index (κ3) is 46.1. The molecule has 20 atom stereocenters. The molecule has 0 saturated carbocycles. The molecule has 4 rings (SSSR count). The maximum atomic E-state index is 14.9. The molecule has 0 aliphatic heterocycles. The number of H-pyrrole nitrogens is 2. The van der Waals surface area contributed by atoms with Gasteiger partial charge in [0, 0.05) is 68.3 Å². The van der Waals surface area contributed by atoms with E-state index in [-0.39, 0.29) is 101 Å². The van der Waals surface area contributed by atoms with Crippen LogP contribution in [0.1, 0.15) is 144 Å². The first-order valence-corrected chi connectivity index (χ1v) is 50.3. The van der Waals surface area contributed by atoms with Crippen molar-refractivity contribution in [2.45, 2.75) is 262 Å². The summed E-state index contributed by atoms with van der Waals surface area (Å²) in [5, 5.41) is 108. The number of hydrogen-bond donors (Lipinski definition) is 33. The van der Waals surface area contributed by atoms with Gasteiger partial charge in [0.25, 0.3) is 0 Å². The van der Waals surface area contributed by atoms with Crippen molar-refractivity contribution in [3.63, 3.8) is 0 Å². The second-order valence-electron chi connectivity index (χ2n) is 36.2. The summed E-state index contributed by atoms with van der Waals surface area (Å²) < 4.78 is 0. The molecule has 54 nitrogen and oxygen atoms in total. The van der Waals surface area contributed by atoms with E-state index in [0.29, 0.717) is 28.9 Å². The summed E-state index contributed by atoms with van der Waals surface area (Å²) in [4.78, 5) is 290. The maximum absolute atomic E-state index is 14.9. The Kier molecular flexibility index (Phi) is 56.0. The van der Waals surface area contributed by atoms with E-state index in [1.54, 1.807) is 108 Å². The second-order valence-corrected chi connectivity index (χ2v) is 37.6. The number of aromatic amines is 2. The molecule has 824 valence electrons. The van der Waals surface area contributed by atoms with Gasteiger partial charge in [-0.3, -0.25) is 102 Å². The molecular formula is C93H146N30O24S2. The number of hydrogen-bond acceptors (Lipinski definition) is 30. The van der Waals surface area contributed by atoms with Crippen molar-refractivity contribution in [1.29, 1.82) is 10.8 Å². The van der Waals surface area contributed by atoms with E-state index in [1.807, 2.05) is 0 Å². The van der Waals surface area contributed by atoms with Crippen LogP contribution in [0.25, 0.3) is 0 Å². The van der Waals surface area contributed by atoms with Crippen LogP contribution in [0.4, 0.5) is 0 Å². The summed E-state index contributed by atoms with van der Waals surface area (Å²) in [6, 6.07) is -9.99. The number of aromatic nitrogens is 4. The van der Waals surface area contributed by atoms with E-state index in [1.165, 1.54) is 64.5 Å². The van der Waals surface area contributed by atoms with Gasteiger partial charge in [0.2, 0.25) is 112 Å². The van der Waals surface area contributed by atoms with Gasteiger partial charge >= 0.3 is 5.97 Å². The number of carbonyl (C=O) groups is 20.